The van der Waals surface area contributed by atoms with Crippen LogP contribution in [0.2, 0.25) is 0 Å². The Morgan fingerprint density at radius 3 is 2.68 bits per heavy atom. The number of hydrazone groups is 1. The fraction of sp³-hybridized carbons (Fsp3) is 0.167. The second-order valence-electron chi connectivity index (χ2n) is 6.78. The maximum Gasteiger partial charge on any atom is 0.268 e. The van der Waals surface area contributed by atoms with Gasteiger partial charge in [0.2, 0.25) is 0 Å². The number of hydrogen-bond donors (Lipinski definition) is 6. The van der Waals surface area contributed by atoms with E-state index in [1.54, 1.807) is 35.0 Å². The van der Waals surface area contributed by atoms with Gasteiger partial charge in [0.25, 0.3) is 5.91 Å². The molecule has 3 heterocycles. The molecule has 0 radical (unpaired) electrons. The lowest BCUT2D eigenvalue weighted by atomic mass is 9.99. The van der Waals surface area contributed by atoms with Crippen LogP contribution in [0.25, 0.3) is 16.8 Å². The third kappa shape index (κ3) is 3.66. The van der Waals surface area contributed by atoms with E-state index in [-0.39, 0.29) is 16.8 Å². The molecule has 1 atom stereocenters. The SMILES string of the molecule is N/N=C(\NN)c1c(-c2cccn3cc(C(N)=O)nc23)ccc(S(=O)C2CNC2)c1SN. The lowest BCUT2D eigenvalue weighted by molar-refractivity contribution is 0.0996. The summed E-state index contributed by atoms with van der Waals surface area (Å²) in [5.74, 6) is 10.8. The van der Waals surface area contributed by atoms with E-state index in [1.807, 2.05) is 6.07 Å². The topological polar surface area (TPSA) is 192 Å². The molecule has 13 heteroatoms. The van der Waals surface area contributed by atoms with E-state index in [4.69, 9.17) is 22.6 Å². The number of amidine groups is 1. The standard InChI is InChI=1S/C18H21N9O2S2/c19-16(28)12-8-27-5-1-2-11(18(27)24-12)10-3-4-13(31(29)9-6-23-7-9)15(30-22)14(10)17(25-20)26-21/h1-5,8-9,23H,6-7,20-22H2,(H2,19,28)(H,25,26). The van der Waals surface area contributed by atoms with Crippen LogP contribution in [0, 0.1) is 0 Å². The molecular weight excluding hydrogens is 438 g/mol. The van der Waals surface area contributed by atoms with Crippen molar-refractivity contribution < 1.29 is 9.00 Å². The molecule has 3 aromatic rings. The number of aromatic nitrogens is 2. The molecule has 1 aromatic carbocycles. The largest absolute Gasteiger partial charge is 0.364 e. The lowest BCUT2D eigenvalue weighted by Gasteiger charge is -2.27. The van der Waals surface area contributed by atoms with E-state index in [2.05, 4.69) is 20.8 Å². The number of amides is 1. The monoisotopic (exact) mass is 459 g/mol. The van der Waals surface area contributed by atoms with Crippen LogP contribution in [-0.2, 0) is 10.8 Å². The zero-order valence-electron chi connectivity index (χ0n) is 16.2. The molecule has 11 nitrogen and oxygen atoms in total. The smallest absolute Gasteiger partial charge is 0.268 e. The molecule has 1 aliphatic heterocycles. The highest BCUT2D eigenvalue weighted by molar-refractivity contribution is 7.98. The van der Waals surface area contributed by atoms with Crippen LogP contribution in [-0.4, -0.2) is 43.7 Å². The summed E-state index contributed by atoms with van der Waals surface area (Å²) >= 11 is 0.939. The minimum Gasteiger partial charge on any atom is -0.364 e. The number of nitrogens with two attached hydrogens (primary N) is 4. The molecule has 1 aliphatic rings. The fourth-order valence-corrected chi connectivity index (χ4v) is 5.69. The van der Waals surface area contributed by atoms with Crippen molar-refractivity contribution in [1.29, 1.82) is 0 Å². The molecule has 0 spiro atoms. The number of hydrazine groups is 1. The number of nitrogens with zero attached hydrogens (tertiary/aromatic N) is 3. The summed E-state index contributed by atoms with van der Waals surface area (Å²) in [5, 5.41) is 12.9. The van der Waals surface area contributed by atoms with Crippen molar-refractivity contribution in [3.8, 4) is 11.1 Å². The Hall–Kier alpha value is -2.97. The first kappa shape index (κ1) is 21.3. The van der Waals surface area contributed by atoms with E-state index in [1.165, 1.54) is 0 Å². The van der Waals surface area contributed by atoms with E-state index < -0.39 is 16.7 Å². The molecule has 1 unspecified atom stereocenters. The summed E-state index contributed by atoms with van der Waals surface area (Å²) in [6.07, 6.45) is 3.30. The van der Waals surface area contributed by atoms with E-state index >= 15 is 0 Å². The molecule has 0 bridgehead atoms. The normalized spacial score (nSPS) is 15.6. The molecule has 0 saturated carbocycles. The van der Waals surface area contributed by atoms with Crippen molar-refractivity contribution in [1.82, 2.24) is 20.1 Å². The Balaban J connectivity index is 1.99. The predicted octanol–water partition coefficient (Wildman–Crippen LogP) is -0.771. The molecule has 0 aliphatic carbocycles. The lowest BCUT2D eigenvalue weighted by Crippen LogP contribution is -2.49. The molecule has 1 amide bonds. The molecule has 10 N–H and O–H groups in total. The van der Waals surface area contributed by atoms with E-state index in [0.717, 1.165) is 11.9 Å². The zero-order chi connectivity index (χ0) is 22.1. The van der Waals surface area contributed by atoms with E-state index in [9.17, 15) is 9.00 Å². The minimum absolute atomic E-state index is 0.0115. The molecule has 1 fully saturated rings. The van der Waals surface area contributed by atoms with Gasteiger partial charge >= 0.3 is 0 Å². The molecular formula is C18H21N9O2S2. The number of hydrogen-bond acceptors (Lipinski definition) is 9. The summed E-state index contributed by atoms with van der Waals surface area (Å²) in [4.78, 5) is 17.1. The van der Waals surface area contributed by atoms with Crippen LogP contribution in [0.4, 0.5) is 0 Å². The van der Waals surface area contributed by atoms with Crippen LogP contribution in [0.1, 0.15) is 16.1 Å². The Morgan fingerprint density at radius 2 is 2.10 bits per heavy atom. The summed E-state index contributed by atoms with van der Waals surface area (Å²) in [5.41, 5.74) is 10.3. The van der Waals surface area contributed by atoms with Crippen molar-refractivity contribution in [3.05, 3.63) is 47.9 Å². The second-order valence-corrected chi connectivity index (χ2v) is 9.12. The van der Waals surface area contributed by atoms with Gasteiger partial charge < -0.3 is 26.7 Å². The van der Waals surface area contributed by atoms with Crippen molar-refractivity contribution in [3.63, 3.8) is 0 Å². The highest BCUT2D eigenvalue weighted by Crippen LogP contribution is 2.37. The number of carbonyl (C=O) groups is 1. The van der Waals surface area contributed by atoms with Crippen LogP contribution >= 0.6 is 11.9 Å². The quantitative estimate of drug-likeness (QED) is 0.0902. The zero-order valence-corrected chi connectivity index (χ0v) is 17.9. The number of nitrogens with one attached hydrogen (secondary N) is 2. The van der Waals surface area contributed by atoms with Crippen molar-refractivity contribution in [2.45, 2.75) is 15.0 Å². The number of benzene rings is 1. The minimum atomic E-state index is -1.29. The number of fused-ring (bicyclic) bond motifs is 1. The first-order chi connectivity index (χ1) is 15.0. The third-order valence-electron chi connectivity index (χ3n) is 5.03. The van der Waals surface area contributed by atoms with Gasteiger partial charge in [-0.1, -0.05) is 6.07 Å². The van der Waals surface area contributed by atoms with Crippen LogP contribution in [0.5, 0.6) is 0 Å². The third-order valence-corrected chi connectivity index (χ3v) is 7.53. The van der Waals surface area contributed by atoms with Gasteiger partial charge in [0, 0.05) is 36.6 Å². The molecule has 1 saturated heterocycles. The van der Waals surface area contributed by atoms with Gasteiger partial charge in [0.05, 0.1) is 25.8 Å². The average Bonchev–Trinajstić information content (AvgIpc) is 3.18. The highest BCUT2D eigenvalue weighted by atomic mass is 32.2. The molecule has 2 aromatic heterocycles. The van der Waals surface area contributed by atoms with Gasteiger partial charge in [-0.25, -0.2) is 10.8 Å². The first-order valence-electron chi connectivity index (χ1n) is 9.18. The molecule has 162 valence electrons. The predicted molar refractivity (Wildman–Crippen MR) is 120 cm³/mol. The summed E-state index contributed by atoms with van der Waals surface area (Å²) in [6, 6.07) is 7.20. The fourth-order valence-electron chi connectivity index (χ4n) is 3.41. The number of imidazole rings is 1. The van der Waals surface area contributed by atoms with Gasteiger partial charge in [0.15, 0.2) is 5.84 Å². The average molecular weight is 460 g/mol. The maximum atomic E-state index is 13.1. The van der Waals surface area contributed by atoms with Crippen LogP contribution in [0.3, 0.4) is 0 Å². The Morgan fingerprint density at radius 1 is 1.32 bits per heavy atom. The van der Waals surface area contributed by atoms with Gasteiger partial charge in [-0.15, -0.1) is 0 Å². The highest BCUT2D eigenvalue weighted by Gasteiger charge is 2.29. The Bertz CT molecular complexity index is 1220. The van der Waals surface area contributed by atoms with Crippen LogP contribution in [0.15, 0.2) is 51.6 Å². The molecule has 4 rings (SSSR count). The molecule has 31 heavy (non-hydrogen) atoms. The van der Waals surface area contributed by atoms with Gasteiger partial charge in [0.1, 0.15) is 11.3 Å². The summed E-state index contributed by atoms with van der Waals surface area (Å²) in [6.45, 7) is 1.32. The number of rotatable bonds is 6. The number of primary amides is 1. The number of carbonyl (C=O) groups excluding carboxylic acids is 1. The van der Waals surface area contributed by atoms with Crippen molar-refractivity contribution >= 4 is 40.1 Å². The van der Waals surface area contributed by atoms with Gasteiger partial charge in [-0.05, 0) is 35.7 Å². The Labute approximate surface area is 184 Å². The summed E-state index contributed by atoms with van der Waals surface area (Å²) in [7, 11) is -1.29. The maximum absolute atomic E-state index is 13.1. The van der Waals surface area contributed by atoms with Crippen LogP contribution < -0.4 is 33.3 Å². The Kier molecular flexibility index (Phi) is 5.93. The van der Waals surface area contributed by atoms with Gasteiger partial charge in [-0.3, -0.25) is 14.1 Å². The number of pyridine rings is 1. The summed E-state index contributed by atoms with van der Waals surface area (Å²) < 4.78 is 14.8. The van der Waals surface area contributed by atoms with E-state index in [0.29, 0.717) is 45.2 Å². The van der Waals surface area contributed by atoms with Crippen molar-refractivity contribution in [2.24, 2.45) is 27.7 Å². The van der Waals surface area contributed by atoms with Crippen molar-refractivity contribution in [2.75, 3.05) is 13.1 Å². The van der Waals surface area contributed by atoms with Gasteiger partial charge in [-0.2, -0.15) is 5.10 Å². The first-order valence-corrected chi connectivity index (χ1v) is 11.3. The second kappa shape index (κ2) is 8.64.